The van der Waals surface area contributed by atoms with Crippen LogP contribution in [0.25, 0.3) is 0 Å². The van der Waals surface area contributed by atoms with Crippen LogP contribution in [-0.4, -0.2) is 17.9 Å². The first-order valence-electron chi connectivity index (χ1n) is 7.66. The minimum atomic E-state index is -0.584. The number of amides is 2. The summed E-state index contributed by atoms with van der Waals surface area (Å²) in [5, 5.41) is 5.56. The van der Waals surface area contributed by atoms with Crippen molar-refractivity contribution in [1.29, 1.82) is 0 Å². The quantitative estimate of drug-likeness (QED) is 0.822. The van der Waals surface area contributed by atoms with Crippen LogP contribution in [0.3, 0.4) is 0 Å². The summed E-state index contributed by atoms with van der Waals surface area (Å²) in [6, 6.07) is 5.86. The molecule has 0 radical (unpaired) electrons. The van der Waals surface area contributed by atoms with E-state index in [0.717, 1.165) is 30.4 Å². The Kier molecular flexibility index (Phi) is 4.99. The van der Waals surface area contributed by atoms with Gasteiger partial charge in [-0.05, 0) is 44.2 Å². The lowest BCUT2D eigenvalue weighted by molar-refractivity contribution is -0.137. The highest BCUT2D eigenvalue weighted by Crippen LogP contribution is 2.23. The molecule has 21 heavy (non-hydrogen) atoms. The van der Waals surface area contributed by atoms with Gasteiger partial charge < -0.3 is 10.6 Å². The largest absolute Gasteiger partial charge is 0.345 e. The molecule has 0 spiro atoms. The first-order valence-corrected chi connectivity index (χ1v) is 7.66. The van der Waals surface area contributed by atoms with Crippen molar-refractivity contribution >= 4 is 17.5 Å². The average molecular weight is 288 g/mol. The van der Waals surface area contributed by atoms with E-state index in [2.05, 4.69) is 17.6 Å². The van der Waals surface area contributed by atoms with Crippen LogP contribution in [0.4, 0.5) is 5.69 Å². The van der Waals surface area contributed by atoms with Crippen molar-refractivity contribution in [2.24, 2.45) is 5.92 Å². The Balaban J connectivity index is 1.94. The third kappa shape index (κ3) is 4.06. The lowest BCUT2D eigenvalue weighted by Crippen LogP contribution is -2.45. The average Bonchev–Trinajstić information content (AvgIpc) is 2.44. The molecule has 0 bridgehead atoms. The van der Waals surface area contributed by atoms with Gasteiger partial charge >= 0.3 is 11.8 Å². The third-order valence-corrected chi connectivity index (χ3v) is 4.26. The van der Waals surface area contributed by atoms with Crippen LogP contribution < -0.4 is 10.6 Å². The molecular weight excluding hydrogens is 264 g/mol. The fraction of sp³-hybridized carbons (Fsp3) is 0.529. The Morgan fingerprint density at radius 3 is 2.48 bits per heavy atom. The van der Waals surface area contributed by atoms with E-state index >= 15 is 0 Å². The summed E-state index contributed by atoms with van der Waals surface area (Å²) in [6.45, 7) is 6.05. The van der Waals surface area contributed by atoms with Crippen molar-refractivity contribution in [1.82, 2.24) is 5.32 Å². The smallest absolute Gasteiger partial charge is 0.313 e. The van der Waals surface area contributed by atoms with Gasteiger partial charge in [0.2, 0.25) is 0 Å². The number of carbonyl (C=O) groups is 2. The van der Waals surface area contributed by atoms with E-state index in [1.54, 1.807) is 0 Å². The number of hydrogen-bond acceptors (Lipinski definition) is 2. The maximum atomic E-state index is 12.0. The molecule has 1 saturated carbocycles. The number of anilines is 1. The molecule has 4 heteroatoms. The van der Waals surface area contributed by atoms with Gasteiger partial charge in [0, 0.05) is 11.7 Å². The zero-order valence-corrected chi connectivity index (χ0v) is 13.0. The lowest BCUT2D eigenvalue weighted by Gasteiger charge is -2.29. The number of carbonyl (C=O) groups excluding carboxylic acids is 2. The topological polar surface area (TPSA) is 58.2 Å². The SMILES string of the molecule is Cc1ccc(NC(=O)C(=O)N[C@H]2CCCC[C@H]2C)c(C)c1. The highest BCUT2D eigenvalue weighted by atomic mass is 16.2. The van der Waals surface area contributed by atoms with Crippen LogP contribution in [0.15, 0.2) is 18.2 Å². The predicted molar refractivity (Wildman–Crippen MR) is 84.1 cm³/mol. The van der Waals surface area contributed by atoms with Gasteiger partial charge in [0.05, 0.1) is 0 Å². The van der Waals surface area contributed by atoms with Crippen LogP contribution in [0, 0.1) is 19.8 Å². The molecule has 2 atom stereocenters. The van der Waals surface area contributed by atoms with E-state index in [9.17, 15) is 9.59 Å². The molecule has 2 rings (SSSR count). The van der Waals surface area contributed by atoms with Crippen molar-refractivity contribution in [3.63, 3.8) is 0 Å². The number of aryl methyl sites for hydroxylation is 2. The van der Waals surface area contributed by atoms with Crippen LogP contribution in [0.1, 0.15) is 43.7 Å². The number of nitrogens with one attached hydrogen (secondary N) is 2. The van der Waals surface area contributed by atoms with Crippen LogP contribution >= 0.6 is 0 Å². The Hall–Kier alpha value is -1.84. The monoisotopic (exact) mass is 288 g/mol. The molecule has 0 aliphatic heterocycles. The fourth-order valence-electron chi connectivity index (χ4n) is 2.90. The molecule has 2 amide bonds. The minimum absolute atomic E-state index is 0.121. The standard InChI is InChI=1S/C17H24N2O2/c1-11-8-9-15(13(3)10-11)19-17(21)16(20)18-14-7-5-4-6-12(14)2/h8-10,12,14H,4-7H2,1-3H3,(H,18,20)(H,19,21)/t12-,14+/m1/s1. The van der Waals surface area contributed by atoms with Gasteiger partial charge in [-0.1, -0.05) is 37.5 Å². The molecule has 114 valence electrons. The summed E-state index contributed by atoms with van der Waals surface area (Å²) < 4.78 is 0. The number of rotatable bonds is 2. The molecule has 0 saturated heterocycles. The summed E-state index contributed by atoms with van der Waals surface area (Å²) in [6.07, 6.45) is 4.41. The van der Waals surface area contributed by atoms with Gasteiger partial charge in [-0.3, -0.25) is 9.59 Å². The van der Waals surface area contributed by atoms with Gasteiger partial charge in [-0.15, -0.1) is 0 Å². The Morgan fingerprint density at radius 2 is 1.81 bits per heavy atom. The highest BCUT2D eigenvalue weighted by Gasteiger charge is 2.25. The molecule has 1 fully saturated rings. The lowest BCUT2D eigenvalue weighted by atomic mass is 9.86. The van der Waals surface area contributed by atoms with Gasteiger partial charge in [0.15, 0.2) is 0 Å². The van der Waals surface area contributed by atoms with Crippen molar-refractivity contribution in [2.75, 3.05) is 5.32 Å². The van der Waals surface area contributed by atoms with Crippen molar-refractivity contribution < 1.29 is 9.59 Å². The highest BCUT2D eigenvalue weighted by molar-refractivity contribution is 6.39. The van der Waals surface area contributed by atoms with Gasteiger partial charge in [-0.2, -0.15) is 0 Å². The van der Waals surface area contributed by atoms with E-state index in [4.69, 9.17) is 0 Å². The molecule has 0 heterocycles. The zero-order valence-electron chi connectivity index (χ0n) is 13.0. The maximum absolute atomic E-state index is 12.0. The van der Waals surface area contributed by atoms with E-state index in [-0.39, 0.29) is 6.04 Å². The minimum Gasteiger partial charge on any atom is -0.345 e. The van der Waals surface area contributed by atoms with Gasteiger partial charge in [0.1, 0.15) is 0 Å². The van der Waals surface area contributed by atoms with Gasteiger partial charge in [-0.25, -0.2) is 0 Å². The molecule has 1 aromatic carbocycles. The third-order valence-electron chi connectivity index (χ3n) is 4.26. The predicted octanol–water partition coefficient (Wildman–Crippen LogP) is 2.94. The second kappa shape index (κ2) is 6.74. The van der Waals surface area contributed by atoms with E-state index < -0.39 is 11.8 Å². The summed E-state index contributed by atoms with van der Waals surface area (Å²) in [5.41, 5.74) is 2.78. The van der Waals surface area contributed by atoms with Crippen LogP contribution in [0.5, 0.6) is 0 Å². The normalized spacial score (nSPS) is 21.7. The second-order valence-corrected chi connectivity index (χ2v) is 6.11. The molecule has 4 nitrogen and oxygen atoms in total. The summed E-state index contributed by atoms with van der Waals surface area (Å²) in [4.78, 5) is 24.0. The molecular formula is C17H24N2O2. The molecule has 1 aliphatic carbocycles. The van der Waals surface area contributed by atoms with Gasteiger partial charge in [0.25, 0.3) is 0 Å². The summed E-state index contributed by atoms with van der Waals surface area (Å²) >= 11 is 0. The summed E-state index contributed by atoms with van der Waals surface area (Å²) in [7, 11) is 0. The van der Waals surface area contributed by atoms with E-state index in [1.165, 1.54) is 6.42 Å². The number of hydrogen-bond donors (Lipinski definition) is 2. The Labute approximate surface area is 126 Å². The van der Waals surface area contributed by atoms with Crippen LogP contribution in [-0.2, 0) is 9.59 Å². The summed E-state index contributed by atoms with van der Waals surface area (Å²) in [5.74, 6) is -0.676. The molecule has 1 aliphatic rings. The first kappa shape index (κ1) is 15.5. The molecule has 0 unspecified atom stereocenters. The Bertz CT molecular complexity index is 540. The van der Waals surface area contributed by atoms with Crippen molar-refractivity contribution in [2.45, 2.75) is 52.5 Å². The first-order chi connectivity index (χ1) is 9.97. The van der Waals surface area contributed by atoms with Crippen LogP contribution in [0.2, 0.25) is 0 Å². The van der Waals surface area contributed by atoms with E-state index in [1.807, 2.05) is 32.0 Å². The molecule has 2 N–H and O–H groups in total. The Morgan fingerprint density at radius 1 is 1.10 bits per heavy atom. The molecule has 0 aromatic heterocycles. The van der Waals surface area contributed by atoms with Crippen molar-refractivity contribution in [3.8, 4) is 0 Å². The molecule has 1 aromatic rings. The van der Waals surface area contributed by atoms with E-state index in [0.29, 0.717) is 11.6 Å². The zero-order chi connectivity index (χ0) is 15.4. The maximum Gasteiger partial charge on any atom is 0.313 e. The number of benzene rings is 1. The second-order valence-electron chi connectivity index (χ2n) is 6.11. The van der Waals surface area contributed by atoms with Crippen molar-refractivity contribution in [3.05, 3.63) is 29.3 Å². The fourth-order valence-corrected chi connectivity index (χ4v) is 2.90.